The standard InChI is InChI=1S/C50H32N2O/c1-3-14-33(15-4-1)34-20-11-23-40(28-34)52-45-26-13-25-44(49(45)43-30-36-17-7-9-18-37(36)31-47(43)52)51(39-21-5-2-6-22-39)46-27-12-24-41-42-29-35-16-8-10-19-38(35)32-48(42)53-50(41)46/h1-32H. The zero-order valence-electron chi connectivity index (χ0n) is 28.8. The highest BCUT2D eigenvalue weighted by atomic mass is 16.3. The molecule has 0 saturated heterocycles. The van der Waals surface area contributed by atoms with Gasteiger partial charge in [0.15, 0.2) is 5.58 Å². The first-order valence-electron chi connectivity index (χ1n) is 18.1. The first-order chi connectivity index (χ1) is 26.3. The predicted molar refractivity (Wildman–Crippen MR) is 223 cm³/mol. The van der Waals surface area contributed by atoms with E-state index in [9.17, 15) is 0 Å². The molecule has 0 aliphatic rings. The van der Waals surface area contributed by atoms with Crippen molar-refractivity contribution in [3.05, 3.63) is 194 Å². The van der Waals surface area contributed by atoms with Crippen LogP contribution in [0.4, 0.5) is 17.1 Å². The number of hydrogen-bond acceptors (Lipinski definition) is 2. The van der Waals surface area contributed by atoms with E-state index in [1.807, 2.05) is 0 Å². The van der Waals surface area contributed by atoms with E-state index in [0.29, 0.717) is 0 Å². The Labute approximate surface area is 306 Å². The number of furan rings is 1. The van der Waals surface area contributed by atoms with Gasteiger partial charge in [-0.2, -0.15) is 0 Å². The number of benzene rings is 9. The summed E-state index contributed by atoms with van der Waals surface area (Å²) in [6.45, 7) is 0. The molecule has 0 saturated carbocycles. The molecule has 2 aromatic heterocycles. The van der Waals surface area contributed by atoms with E-state index in [1.165, 1.54) is 43.4 Å². The lowest BCUT2D eigenvalue weighted by molar-refractivity contribution is 0.669. The average molecular weight is 677 g/mol. The van der Waals surface area contributed by atoms with Gasteiger partial charge in [-0.1, -0.05) is 127 Å². The second-order valence-corrected chi connectivity index (χ2v) is 13.8. The highest BCUT2D eigenvalue weighted by molar-refractivity contribution is 6.21. The Kier molecular flexibility index (Phi) is 6.55. The maximum absolute atomic E-state index is 6.86. The van der Waals surface area contributed by atoms with Crippen LogP contribution in [0.3, 0.4) is 0 Å². The molecule has 0 fully saturated rings. The molecule has 0 bridgehead atoms. The normalized spacial score (nSPS) is 11.8. The molecule has 2 heterocycles. The number of rotatable bonds is 5. The van der Waals surface area contributed by atoms with Crippen LogP contribution >= 0.6 is 0 Å². The quantitative estimate of drug-likeness (QED) is 0.181. The van der Waals surface area contributed by atoms with Crippen LogP contribution in [0, 0.1) is 0 Å². The maximum atomic E-state index is 6.86. The molecule has 9 aromatic carbocycles. The molecular formula is C50H32N2O. The summed E-state index contributed by atoms with van der Waals surface area (Å²) in [5.74, 6) is 0. The van der Waals surface area contributed by atoms with Crippen LogP contribution in [0.1, 0.15) is 0 Å². The summed E-state index contributed by atoms with van der Waals surface area (Å²) < 4.78 is 9.29. The number of para-hydroxylation sites is 2. The van der Waals surface area contributed by atoms with Gasteiger partial charge in [0.1, 0.15) is 5.58 Å². The minimum absolute atomic E-state index is 0.864. The second kappa shape index (κ2) is 11.7. The Morgan fingerprint density at radius 1 is 0.396 bits per heavy atom. The Morgan fingerprint density at radius 2 is 1.00 bits per heavy atom. The summed E-state index contributed by atoms with van der Waals surface area (Å²) in [7, 11) is 0. The number of aromatic nitrogens is 1. The zero-order valence-corrected chi connectivity index (χ0v) is 28.8. The fourth-order valence-electron chi connectivity index (χ4n) is 8.28. The summed E-state index contributed by atoms with van der Waals surface area (Å²) in [6.07, 6.45) is 0. The van der Waals surface area contributed by atoms with Crippen LogP contribution in [0.25, 0.3) is 82.1 Å². The summed E-state index contributed by atoms with van der Waals surface area (Å²) in [4.78, 5) is 2.38. The van der Waals surface area contributed by atoms with Gasteiger partial charge in [0, 0.05) is 32.9 Å². The van der Waals surface area contributed by atoms with E-state index in [4.69, 9.17) is 4.42 Å². The monoisotopic (exact) mass is 676 g/mol. The van der Waals surface area contributed by atoms with E-state index >= 15 is 0 Å². The van der Waals surface area contributed by atoms with Crippen LogP contribution < -0.4 is 4.90 Å². The van der Waals surface area contributed by atoms with E-state index in [1.54, 1.807) is 0 Å². The molecular weight excluding hydrogens is 645 g/mol. The van der Waals surface area contributed by atoms with Gasteiger partial charge in [-0.15, -0.1) is 0 Å². The molecule has 0 radical (unpaired) electrons. The van der Waals surface area contributed by atoms with E-state index in [0.717, 1.165) is 55.7 Å². The van der Waals surface area contributed by atoms with Crippen molar-refractivity contribution in [3.63, 3.8) is 0 Å². The largest absolute Gasteiger partial charge is 0.454 e. The Hall–Kier alpha value is -7.10. The minimum atomic E-state index is 0.864. The first-order valence-corrected chi connectivity index (χ1v) is 18.1. The minimum Gasteiger partial charge on any atom is -0.454 e. The van der Waals surface area contributed by atoms with Crippen molar-refractivity contribution in [1.82, 2.24) is 4.57 Å². The fraction of sp³-hybridized carbons (Fsp3) is 0. The molecule has 248 valence electrons. The number of fused-ring (bicyclic) bond motifs is 8. The molecule has 0 aliphatic carbocycles. The van der Waals surface area contributed by atoms with E-state index < -0.39 is 0 Å². The highest BCUT2D eigenvalue weighted by Gasteiger charge is 2.24. The highest BCUT2D eigenvalue weighted by Crippen LogP contribution is 2.47. The molecule has 11 rings (SSSR count). The average Bonchev–Trinajstić information content (AvgIpc) is 3.75. The van der Waals surface area contributed by atoms with Gasteiger partial charge in [0.25, 0.3) is 0 Å². The molecule has 0 atom stereocenters. The van der Waals surface area contributed by atoms with Gasteiger partial charge in [-0.3, -0.25) is 0 Å². The molecule has 3 nitrogen and oxygen atoms in total. The molecule has 0 aliphatic heterocycles. The molecule has 0 unspecified atom stereocenters. The van der Waals surface area contributed by atoms with Crippen molar-refractivity contribution in [2.75, 3.05) is 4.90 Å². The molecule has 0 amide bonds. The van der Waals surface area contributed by atoms with E-state index in [-0.39, 0.29) is 0 Å². The number of nitrogens with zero attached hydrogens (tertiary/aromatic N) is 2. The van der Waals surface area contributed by atoms with Gasteiger partial charge in [0.2, 0.25) is 0 Å². The van der Waals surface area contributed by atoms with Crippen molar-refractivity contribution in [2.45, 2.75) is 0 Å². The van der Waals surface area contributed by atoms with Crippen molar-refractivity contribution < 1.29 is 4.42 Å². The summed E-state index contributed by atoms with van der Waals surface area (Å²) in [6, 6.07) is 69.7. The zero-order chi connectivity index (χ0) is 34.9. The smallest absolute Gasteiger partial charge is 0.159 e. The van der Waals surface area contributed by atoms with Crippen molar-refractivity contribution in [1.29, 1.82) is 0 Å². The summed E-state index contributed by atoms with van der Waals surface area (Å²) in [5.41, 5.74) is 10.7. The Bertz CT molecular complexity index is 3170. The molecule has 11 aromatic rings. The van der Waals surface area contributed by atoms with Crippen LogP contribution in [-0.2, 0) is 0 Å². The van der Waals surface area contributed by atoms with Gasteiger partial charge in [0.05, 0.1) is 22.4 Å². The van der Waals surface area contributed by atoms with Crippen molar-refractivity contribution >= 4 is 82.4 Å². The third-order valence-corrected chi connectivity index (χ3v) is 10.7. The third-order valence-electron chi connectivity index (χ3n) is 10.7. The Morgan fingerprint density at radius 3 is 1.77 bits per heavy atom. The first kappa shape index (κ1) is 29.6. The van der Waals surface area contributed by atoms with Gasteiger partial charge in [-0.25, -0.2) is 0 Å². The SMILES string of the molecule is c1ccc(-c2cccc(-n3c4cc5ccccc5cc4c4c(N(c5ccccc5)c5cccc6c5oc5cc7ccccc7cc56)cccc43)c2)cc1. The lowest BCUT2D eigenvalue weighted by atomic mass is 10.0. The molecule has 0 spiro atoms. The van der Waals surface area contributed by atoms with Crippen LogP contribution in [0.15, 0.2) is 199 Å². The van der Waals surface area contributed by atoms with E-state index in [2.05, 4.69) is 204 Å². The van der Waals surface area contributed by atoms with Gasteiger partial charge >= 0.3 is 0 Å². The van der Waals surface area contributed by atoms with Crippen LogP contribution in [0.5, 0.6) is 0 Å². The molecule has 0 N–H and O–H groups in total. The van der Waals surface area contributed by atoms with Gasteiger partial charge in [-0.05, 0) is 99.4 Å². The predicted octanol–water partition coefficient (Wildman–Crippen LogP) is 14.1. The van der Waals surface area contributed by atoms with Crippen molar-refractivity contribution in [3.8, 4) is 16.8 Å². The summed E-state index contributed by atoms with van der Waals surface area (Å²) in [5, 5.41) is 9.39. The second-order valence-electron chi connectivity index (χ2n) is 13.8. The summed E-state index contributed by atoms with van der Waals surface area (Å²) >= 11 is 0. The molecule has 53 heavy (non-hydrogen) atoms. The third kappa shape index (κ3) is 4.68. The lowest BCUT2D eigenvalue weighted by Gasteiger charge is -2.26. The van der Waals surface area contributed by atoms with Crippen LogP contribution in [-0.4, -0.2) is 4.57 Å². The van der Waals surface area contributed by atoms with Gasteiger partial charge < -0.3 is 13.9 Å². The molecule has 3 heteroatoms. The Balaban J connectivity index is 1.23. The van der Waals surface area contributed by atoms with Crippen molar-refractivity contribution in [2.24, 2.45) is 0 Å². The lowest BCUT2D eigenvalue weighted by Crippen LogP contribution is -2.10. The number of anilines is 3. The fourth-order valence-corrected chi connectivity index (χ4v) is 8.28. The number of hydrogen-bond donors (Lipinski definition) is 0. The topological polar surface area (TPSA) is 21.3 Å². The van der Waals surface area contributed by atoms with Crippen LogP contribution in [0.2, 0.25) is 0 Å². The maximum Gasteiger partial charge on any atom is 0.159 e.